The molecule has 0 bridgehead atoms. The topological polar surface area (TPSA) is 60.8 Å². The van der Waals surface area contributed by atoms with Crippen LogP contribution in [-0.4, -0.2) is 40.2 Å². The Labute approximate surface area is 124 Å². The third-order valence-electron chi connectivity index (χ3n) is 3.98. The van der Waals surface area contributed by atoms with Crippen molar-refractivity contribution in [1.29, 1.82) is 0 Å². The van der Waals surface area contributed by atoms with Gasteiger partial charge in [-0.3, -0.25) is 9.69 Å². The van der Waals surface area contributed by atoms with Crippen LogP contribution in [0.15, 0.2) is 17.5 Å². The van der Waals surface area contributed by atoms with E-state index in [0.29, 0.717) is 19.0 Å². The summed E-state index contributed by atoms with van der Waals surface area (Å²) in [6, 6.07) is 4.22. The molecule has 0 saturated carbocycles. The molecule has 1 saturated heterocycles. The fourth-order valence-corrected chi connectivity index (χ4v) is 3.62. The largest absolute Gasteiger partial charge is 0.481 e. The van der Waals surface area contributed by atoms with Gasteiger partial charge in [0.2, 0.25) is 0 Å². The minimum atomic E-state index is -0.744. The monoisotopic (exact) mass is 297 g/mol. The second-order valence-corrected chi connectivity index (χ2v) is 6.43. The molecule has 0 unspecified atom stereocenters. The number of aliphatic hydroxyl groups excluding tert-OH is 1. The van der Waals surface area contributed by atoms with Crippen LogP contribution < -0.4 is 0 Å². The van der Waals surface area contributed by atoms with Crippen LogP contribution in [0, 0.1) is 0 Å². The molecule has 1 aromatic heterocycles. The molecule has 1 fully saturated rings. The molecule has 2 rings (SSSR count). The van der Waals surface area contributed by atoms with E-state index in [9.17, 15) is 9.90 Å². The third-order valence-corrected chi connectivity index (χ3v) is 4.95. The molecule has 0 spiro atoms. The SMILES string of the molecule is O=C(O)CCN1CCCCC[C@@H]1C[C@H](O)c1cccs1. The van der Waals surface area contributed by atoms with E-state index in [2.05, 4.69) is 4.90 Å². The highest BCUT2D eigenvalue weighted by Crippen LogP contribution is 2.28. The molecule has 0 aromatic carbocycles. The zero-order chi connectivity index (χ0) is 14.4. The van der Waals surface area contributed by atoms with Crippen LogP contribution in [0.25, 0.3) is 0 Å². The second kappa shape index (κ2) is 7.76. The molecule has 1 aliphatic heterocycles. The van der Waals surface area contributed by atoms with Gasteiger partial charge in [0.15, 0.2) is 0 Å². The van der Waals surface area contributed by atoms with Crippen LogP contribution in [0.2, 0.25) is 0 Å². The molecule has 20 heavy (non-hydrogen) atoms. The Morgan fingerprint density at radius 3 is 3.00 bits per heavy atom. The van der Waals surface area contributed by atoms with Gasteiger partial charge < -0.3 is 10.2 Å². The first-order valence-corrected chi connectivity index (χ1v) is 8.22. The Hall–Kier alpha value is -0.910. The number of aliphatic hydroxyl groups is 1. The van der Waals surface area contributed by atoms with Gasteiger partial charge in [-0.2, -0.15) is 0 Å². The van der Waals surface area contributed by atoms with Crippen molar-refractivity contribution in [2.45, 2.75) is 50.7 Å². The molecule has 112 valence electrons. The highest BCUT2D eigenvalue weighted by atomic mass is 32.1. The van der Waals surface area contributed by atoms with Gasteiger partial charge in [-0.25, -0.2) is 0 Å². The van der Waals surface area contributed by atoms with Gasteiger partial charge in [0, 0.05) is 17.5 Å². The first-order valence-electron chi connectivity index (χ1n) is 7.34. The Balaban J connectivity index is 1.95. The molecular weight excluding hydrogens is 274 g/mol. The number of carboxylic acids is 1. The molecule has 2 N–H and O–H groups in total. The maximum absolute atomic E-state index is 10.8. The van der Waals surface area contributed by atoms with Crippen LogP contribution in [0.5, 0.6) is 0 Å². The average Bonchev–Trinajstić information content (AvgIpc) is 2.86. The summed E-state index contributed by atoms with van der Waals surface area (Å²) >= 11 is 1.58. The van der Waals surface area contributed by atoms with Crippen molar-refractivity contribution in [2.75, 3.05) is 13.1 Å². The third kappa shape index (κ3) is 4.58. The average molecular weight is 297 g/mol. The Kier molecular flexibility index (Phi) is 6.01. The van der Waals surface area contributed by atoms with Crippen molar-refractivity contribution >= 4 is 17.3 Å². The van der Waals surface area contributed by atoms with Crippen LogP contribution in [0.3, 0.4) is 0 Å². The number of hydrogen-bond acceptors (Lipinski definition) is 4. The van der Waals surface area contributed by atoms with Gasteiger partial charge in [-0.05, 0) is 37.3 Å². The summed E-state index contributed by atoms with van der Waals surface area (Å²) in [6.07, 6.45) is 5.03. The van der Waals surface area contributed by atoms with E-state index in [0.717, 1.165) is 24.3 Å². The van der Waals surface area contributed by atoms with Crippen LogP contribution in [0.4, 0.5) is 0 Å². The van der Waals surface area contributed by atoms with Gasteiger partial charge in [-0.15, -0.1) is 11.3 Å². The smallest absolute Gasteiger partial charge is 0.304 e. The van der Waals surface area contributed by atoms with E-state index < -0.39 is 12.1 Å². The summed E-state index contributed by atoms with van der Waals surface area (Å²) in [4.78, 5) is 14.0. The fraction of sp³-hybridized carbons (Fsp3) is 0.667. The summed E-state index contributed by atoms with van der Waals surface area (Å²) in [6.45, 7) is 1.55. The van der Waals surface area contributed by atoms with E-state index >= 15 is 0 Å². The van der Waals surface area contributed by atoms with Gasteiger partial charge in [-0.1, -0.05) is 18.9 Å². The molecule has 0 amide bonds. The Bertz CT molecular complexity index is 407. The van der Waals surface area contributed by atoms with Crippen LogP contribution in [-0.2, 0) is 4.79 Å². The number of rotatable bonds is 6. The molecule has 2 atom stereocenters. The van der Waals surface area contributed by atoms with Crippen LogP contribution in [0.1, 0.15) is 49.5 Å². The molecule has 5 heteroatoms. The fourth-order valence-electron chi connectivity index (χ4n) is 2.89. The van der Waals surface area contributed by atoms with Crippen molar-refractivity contribution in [3.63, 3.8) is 0 Å². The number of likely N-dealkylation sites (tertiary alicyclic amines) is 1. The summed E-state index contributed by atoms with van der Waals surface area (Å²) in [5.74, 6) is -0.744. The van der Waals surface area contributed by atoms with Crippen molar-refractivity contribution < 1.29 is 15.0 Å². The molecule has 1 aromatic rings. The van der Waals surface area contributed by atoms with E-state index in [1.54, 1.807) is 11.3 Å². The molecule has 4 nitrogen and oxygen atoms in total. The van der Waals surface area contributed by atoms with Gasteiger partial charge >= 0.3 is 5.97 Å². The predicted molar refractivity (Wildman–Crippen MR) is 80.0 cm³/mol. The number of carboxylic acid groups (broad SMARTS) is 1. The molecule has 2 heterocycles. The highest BCUT2D eigenvalue weighted by Gasteiger charge is 2.24. The standard InChI is InChI=1S/C15H23NO3S/c17-13(14-6-4-10-20-14)11-12-5-2-1-3-8-16(12)9-7-15(18)19/h4,6,10,12-13,17H,1-3,5,7-9,11H2,(H,18,19)/t12-,13+/m1/s1. The summed E-state index contributed by atoms with van der Waals surface area (Å²) < 4.78 is 0. The lowest BCUT2D eigenvalue weighted by molar-refractivity contribution is -0.137. The Morgan fingerprint density at radius 1 is 1.45 bits per heavy atom. The highest BCUT2D eigenvalue weighted by molar-refractivity contribution is 7.10. The normalized spacial score (nSPS) is 22.4. The number of nitrogens with zero attached hydrogens (tertiary/aromatic N) is 1. The Morgan fingerprint density at radius 2 is 2.30 bits per heavy atom. The number of hydrogen-bond donors (Lipinski definition) is 2. The lowest BCUT2D eigenvalue weighted by atomic mass is 10.0. The summed E-state index contributed by atoms with van der Waals surface area (Å²) in [7, 11) is 0. The predicted octanol–water partition coefficient (Wildman–Crippen LogP) is 2.89. The summed E-state index contributed by atoms with van der Waals surface area (Å²) in [5, 5.41) is 21.2. The van der Waals surface area contributed by atoms with Crippen molar-refractivity contribution in [2.24, 2.45) is 0 Å². The second-order valence-electron chi connectivity index (χ2n) is 5.45. The zero-order valence-corrected chi connectivity index (χ0v) is 12.5. The molecule has 0 aliphatic carbocycles. The minimum Gasteiger partial charge on any atom is -0.481 e. The zero-order valence-electron chi connectivity index (χ0n) is 11.7. The van der Waals surface area contributed by atoms with Crippen molar-refractivity contribution in [3.8, 4) is 0 Å². The lowest BCUT2D eigenvalue weighted by Crippen LogP contribution is -2.37. The maximum atomic E-state index is 10.8. The number of carbonyl (C=O) groups is 1. The van der Waals surface area contributed by atoms with E-state index in [1.165, 1.54) is 12.8 Å². The van der Waals surface area contributed by atoms with Crippen molar-refractivity contribution in [1.82, 2.24) is 4.90 Å². The quantitative estimate of drug-likeness (QED) is 0.847. The lowest BCUT2D eigenvalue weighted by Gasteiger charge is -2.30. The number of thiophene rings is 1. The molecular formula is C15H23NO3S. The first-order chi connectivity index (χ1) is 9.66. The van der Waals surface area contributed by atoms with E-state index in [-0.39, 0.29) is 6.42 Å². The maximum Gasteiger partial charge on any atom is 0.304 e. The minimum absolute atomic E-state index is 0.186. The molecule has 0 radical (unpaired) electrons. The van der Waals surface area contributed by atoms with Crippen LogP contribution >= 0.6 is 11.3 Å². The van der Waals surface area contributed by atoms with Gasteiger partial charge in [0.05, 0.1) is 12.5 Å². The van der Waals surface area contributed by atoms with Gasteiger partial charge in [0.1, 0.15) is 0 Å². The van der Waals surface area contributed by atoms with Crippen molar-refractivity contribution in [3.05, 3.63) is 22.4 Å². The number of aliphatic carboxylic acids is 1. The van der Waals surface area contributed by atoms with E-state index in [1.807, 2.05) is 17.5 Å². The first kappa shape index (κ1) is 15.5. The molecule has 1 aliphatic rings. The van der Waals surface area contributed by atoms with E-state index in [4.69, 9.17) is 5.11 Å². The summed E-state index contributed by atoms with van der Waals surface area (Å²) in [5.41, 5.74) is 0. The van der Waals surface area contributed by atoms with Gasteiger partial charge in [0.25, 0.3) is 0 Å².